The monoisotopic (exact) mass is 472 g/mol. The van der Waals surface area contributed by atoms with Crippen molar-refractivity contribution in [3.05, 3.63) is 83.4 Å². The molecular weight excluding hydrogens is 444 g/mol. The van der Waals surface area contributed by atoms with Crippen LogP contribution in [0.3, 0.4) is 0 Å². The highest BCUT2D eigenvalue weighted by atomic mass is 16.5. The van der Waals surface area contributed by atoms with Crippen LogP contribution in [0, 0.1) is 5.92 Å². The maximum atomic E-state index is 13.6. The Morgan fingerprint density at radius 3 is 2.03 bits per heavy atom. The summed E-state index contributed by atoms with van der Waals surface area (Å²) in [5.41, 5.74) is 1.52. The number of esters is 1. The van der Waals surface area contributed by atoms with Crippen molar-refractivity contribution in [3.63, 3.8) is 0 Å². The molecule has 1 heterocycles. The molecule has 7 nitrogen and oxygen atoms in total. The van der Waals surface area contributed by atoms with Crippen LogP contribution in [-0.4, -0.2) is 47.8 Å². The van der Waals surface area contributed by atoms with Crippen LogP contribution in [-0.2, 0) is 20.7 Å². The van der Waals surface area contributed by atoms with Crippen molar-refractivity contribution in [3.8, 4) is 0 Å². The zero-order chi connectivity index (χ0) is 25.1. The largest absolute Gasteiger partial charge is 0.467 e. The lowest BCUT2D eigenvalue weighted by molar-refractivity contribution is -0.146. The minimum atomic E-state index is -1.15. The number of ether oxygens (including phenoxy) is 1. The van der Waals surface area contributed by atoms with Crippen molar-refractivity contribution in [2.75, 3.05) is 7.11 Å². The normalized spacial score (nSPS) is 14.7. The quantitative estimate of drug-likeness (QED) is 0.398. The molecule has 3 aromatic carbocycles. The third-order valence-electron chi connectivity index (χ3n) is 6.20. The molecular formula is C28H28N2O5. The van der Waals surface area contributed by atoms with E-state index in [2.05, 4.69) is 5.32 Å². The van der Waals surface area contributed by atoms with Crippen molar-refractivity contribution in [2.45, 2.75) is 38.8 Å². The van der Waals surface area contributed by atoms with Gasteiger partial charge in [0, 0.05) is 22.9 Å². The summed E-state index contributed by atoms with van der Waals surface area (Å²) >= 11 is 0. The lowest BCUT2D eigenvalue weighted by Crippen LogP contribution is -2.57. The summed E-state index contributed by atoms with van der Waals surface area (Å²) in [5.74, 6) is -2.12. The second-order valence-corrected chi connectivity index (χ2v) is 9.11. The molecule has 0 radical (unpaired) electrons. The van der Waals surface area contributed by atoms with Gasteiger partial charge in [0.2, 0.25) is 5.91 Å². The first-order valence-corrected chi connectivity index (χ1v) is 11.6. The average molecular weight is 473 g/mol. The van der Waals surface area contributed by atoms with Crippen molar-refractivity contribution >= 4 is 34.5 Å². The summed E-state index contributed by atoms with van der Waals surface area (Å²) < 4.78 is 4.88. The third-order valence-corrected chi connectivity index (χ3v) is 6.20. The molecule has 0 saturated carbocycles. The molecule has 0 aromatic heterocycles. The van der Waals surface area contributed by atoms with Gasteiger partial charge in [-0.15, -0.1) is 0 Å². The minimum Gasteiger partial charge on any atom is -0.467 e. The SMILES string of the molecule is COC(=O)C(CC(C)C)NC(=O)C(Cc1ccccc1)N1C(=O)c2cccc3cccc(c23)C1=O. The first kappa shape index (κ1) is 24.1. The Labute approximate surface area is 204 Å². The Morgan fingerprint density at radius 1 is 0.886 bits per heavy atom. The third kappa shape index (κ3) is 4.80. The Morgan fingerprint density at radius 2 is 1.49 bits per heavy atom. The number of rotatable bonds is 8. The molecule has 3 aromatic rings. The number of carbonyl (C=O) groups excluding carboxylic acids is 4. The summed E-state index contributed by atoms with van der Waals surface area (Å²) in [6.07, 6.45) is 0.471. The molecule has 7 heteroatoms. The average Bonchev–Trinajstić information content (AvgIpc) is 2.86. The smallest absolute Gasteiger partial charge is 0.328 e. The molecule has 0 bridgehead atoms. The van der Waals surface area contributed by atoms with Crippen molar-refractivity contribution in [1.29, 1.82) is 0 Å². The predicted octanol–water partition coefficient (Wildman–Crippen LogP) is 3.75. The predicted molar refractivity (Wildman–Crippen MR) is 132 cm³/mol. The van der Waals surface area contributed by atoms with Gasteiger partial charge in [-0.2, -0.15) is 0 Å². The number of benzene rings is 3. The van der Waals surface area contributed by atoms with Gasteiger partial charge in [-0.25, -0.2) is 4.79 Å². The minimum absolute atomic E-state index is 0.106. The number of methoxy groups -OCH3 is 1. The molecule has 180 valence electrons. The van der Waals surface area contributed by atoms with Gasteiger partial charge in [-0.1, -0.05) is 68.4 Å². The van der Waals surface area contributed by atoms with Gasteiger partial charge in [0.25, 0.3) is 11.8 Å². The molecule has 2 unspecified atom stereocenters. The zero-order valence-electron chi connectivity index (χ0n) is 20.0. The molecule has 1 aliphatic heterocycles. The molecule has 35 heavy (non-hydrogen) atoms. The van der Waals surface area contributed by atoms with Crippen LogP contribution in [0.2, 0.25) is 0 Å². The van der Waals surface area contributed by atoms with E-state index in [0.717, 1.165) is 15.8 Å². The van der Waals surface area contributed by atoms with E-state index in [4.69, 9.17) is 4.74 Å². The van der Waals surface area contributed by atoms with Crippen LogP contribution in [0.5, 0.6) is 0 Å². The molecule has 2 atom stereocenters. The van der Waals surface area contributed by atoms with Crippen LogP contribution in [0.1, 0.15) is 46.5 Å². The summed E-state index contributed by atoms with van der Waals surface area (Å²) in [4.78, 5) is 54.3. The van der Waals surface area contributed by atoms with Gasteiger partial charge in [0.05, 0.1) is 7.11 Å². The molecule has 0 saturated heterocycles. The first-order valence-electron chi connectivity index (χ1n) is 11.6. The standard InChI is InChI=1S/C28H28N2O5/c1-17(2)15-22(28(34)35-3)29-25(31)23(16-18-9-5-4-6-10-18)30-26(32)20-13-7-11-19-12-8-14-21(24(19)20)27(30)33/h4-14,17,22-23H,15-16H2,1-3H3,(H,29,31). The van der Waals surface area contributed by atoms with E-state index in [-0.39, 0.29) is 12.3 Å². The van der Waals surface area contributed by atoms with E-state index < -0.39 is 35.8 Å². The van der Waals surface area contributed by atoms with E-state index >= 15 is 0 Å². The molecule has 0 aliphatic carbocycles. The maximum absolute atomic E-state index is 13.6. The van der Waals surface area contributed by atoms with Gasteiger partial charge in [0.15, 0.2) is 0 Å². The van der Waals surface area contributed by atoms with Crippen LogP contribution in [0.15, 0.2) is 66.7 Å². The van der Waals surface area contributed by atoms with Crippen molar-refractivity contribution in [1.82, 2.24) is 10.2 Å². The van der Waals surface area contributed by atoms with Gasteiger partial charge in [-0.05, 0) is 35.4 Å². The van der Waals surface area contributed by atoms with E-state index in [1.54, 1.807) is 24.3 Å². The van der Waals surface area contributed by atoms with Crippen molar-refractivity contribution in [2.24, 2.45) is 5.92 Å². The highest BCUT2D eigenvalue weighted by Gasteiger charge is 2.41. The Balaban J connectivity index is 1.75. The first-order chi connectivity index (χ1) is 16.8. The van der Waals surface area contributed by atoms with E-state index in [1.165, 1.54) is 7.11 Å². The number of hydrogen-bond acceptors (Lipinski definition) is 5. The van der Waals surface area contributed by atoms with E-state index in [1.807, 2.05) is 56.3 Å². The Hall–Kier alpha value is -4.00. The summed E-state index contributed by atoms with van der Waals surface area (Å²) in [7, 11) is 1.26. The fraction of sp³-hybridized carbons (Fsp3) is 0.286. The van der Waals surface area contributed by atoms with Crippen LogP contribution in [0.4, 0.5) is 0 Å². The Kier molecular flexibility index (Phi) is 6.96. The summed E-state index contributed by atoms with van der Waals surface area (Å²) in [5, 5.41) is 4.12. The fourth-order valence-electron chi connectivity index (χ4n) is 4.57. The number of imide groups is 1. The van der Waals surface area contributed by atoms with Crippen LogP contribution < -0.4 is 5.32 Å². The molecule has 4 rings (SSSR count). The van der Waals surface area contributed by atoms with Crippen LogP contribution in [0.25, 0.3) is 10.8 Å². The topological polar surface area (TPSA) is 92.8 Å². The molecule has 0 fully saturated rings. The second-order valence-electron chi connectivity index (χ2n) is 9.11. The maximum Gasteiger partial charge on any atom is 0.328 e. The lowest BCUT2D eigenvalue weighted by atomic mass is 9.91. The number of hydrogen-bond donors (Lipinski definition) is 1. The summed E-state index contributed by atoms with van der Waals surface area (Å²) in [6.45, 7) is 3.86. The Bertz CT molecular complexity index is 1230. The van der Waals surface area contributed by atoms with Gasteiger partial charge >= 0.3 is 5.97 Å². The molecule has 3 amide bonds. The van der Waals surface area contributed by atoms with E-state index in [9.17, 15) is 19.2 Å². The number of nitrogens with one attached hydrogen (secondary N) is 1. The number of nitrogens with zero attached hydrogens (tertiary/aromatic N) is 1. The van der Waals surface area contributed by atoms with Gasteiger partial charge < -0.3 is 10.1 Å². The molecule has 1 aliphatic rings. The number of amides is 3. The van der Waals surface area contributed by atoms with Crippen LogP contribution >= 0.6 is 0 Å². The lowest BCUT2D eigenvalue weighted by Gasteiger charge is -2.34. The van der Waals surface area contributed by atoms with Crippen molar-refractivity contribution < 1.29 is 23.9 Å². The van der Waals surface area contributed by atoms with E-state index in [0.29, 0.717) is 22.9 Å². The van der Waals surface area contributed by atoms with Gasteiger partial charge in [-0.3, -0.25) is 19.3 Å². The van der Waals surface area contributed by atoms with Gasteiger partial charge in [0.1, 0.15) is 12.1 Å². The zero-order valence-corrected chi connectivity index (χ0v) is 20.0. The second kappa shape index (κ2) is 10.1. The highest BCUT2D eigenvalue weighted by molar-refractivity contribution is 6.26. The number of carbonyl (C=O) groups is 4. The summed E-state index contributed by atoms with van der Waals surface area (Å²) in [6, 6.07) is 17.7. The molecule has 1 N–H and O–H groups in total. The highest BCUT2D eigenvalue weighted by Crippen LogP contribution is 2.31. The fourth-order valence-corrected chi connectivity index (χ4v) is 4.57. The molecule has 0 spiro atoms.